The molecule has 0 aromatic heterocycles. The van der Waals surface area contributed by atoms with Gasteiger partial charge in [-0.2, -0.15) is 0 Å². The van der Waals surface area contributed by atoms with Crippen molar-refractivity contribution in [2.24, 2.45) is 0 Å². The molecule has 1 atom stereocenters. The second-order valence-corrected chi connectivity index (χ2v) is 16.3. The molecule has 0 aliphatic carbocycles. The minimum atomic E-state index is -0.803. The summed E-state index contributed by atoms with van der Waals surface area (Å²) >= 11 is 0. The van der Waals surface area contributed by atoms with Crippen molar-refractivity contribution in [2.75, 3.05) is 13.2 Å². The monoisotopic (exact) mass is 873 g/mol. The molecule has 0 aliphatic heterocycles. The number of ether oxygens (including phenoxy) is 3. The fourth-order valence-electron chi connectivity index (χ4n) is 6.54. The van der Waals surface area contributed by atoms with Gasteiger partial charge in [0, 0.05) is 19.3 Å². The van der Waals surface area contributed by atoms with Crippen LogP contribution in [0.1, 0.15) is 213 Å². The molecule has 0 aliphatic rings. The summed E-state index contributed by atoms with van der Waals surface area (Å²) in [7, 11) is 0. The van der Waals surface area contributed by atoms with E-state index in [0.717, 1.165) is 148 Å². The number of hydrogen-bond acceptors (Lipinski definition) is 6. The summed E-state index contributed by atoms with van der Waals surface area (Å²) in [5, 5.41) is 0. The van der Waals surface area contributed by atoms with Gasteiger partial charge in [-0.15, -0.1) is 0 Å². The van der Waals surface area contributed by atoms with Crippen molar-refractivity contribution >= 4 is 17.9 Å². The van der Waals surface area contributed by atoms with Crippen molar-refractivity contribution in [1.82, 2.24) is 0 Å². The van der Waals surface area contributed by atoms with Crippen LogP contribution in [-0.4, -0.2) is 37.2 Å². The highest BCUT2D eigenvalue weighted by Gasteiger charge is 2.19. The fourth-order valence-corrected chi connectivity index (χ4v) is 6.54. The Morgan fingerprint density at radius 1 is 0.317 bits per heavy atom. The molecular formula is C57H92O6. The lowest BCUT2D eigenvalue weighted by Crippen LogP contribution is -2.30. The van der Waals surface area contributed by atoms with E-state index in [-0.39, 0.29) is 31.1 Å². The highest BCUT2D eigenvalue weighted by atomic mass is 16.6. The average Bonchev–Trinajstić information content (AvgIpc) is 3.28. The highest BCUT2D eigenvalue weighted by molar-refractivity contribution is 5.71. The van der Waals surface area contributed by atoms with Crippen LogP contribution < -0.4 is 0 Å². The van der Waals surface area contributed by atoms with Gasteiger partial charge >= 0.3 is 17.9 Å². The van der Waals surface area contributed by atoms with Crippen molar-refractivity contribution in [3.05, 3.63) is 109 Å². The van der Waals surface area contributed by atoms with Gasteiger partial charge in [-0.25, -0.2) is 0 Å². The quantitative estimate of drug-likeness (QED) is 0.0263. The number of carbonyl (C=O) groups excluding carboxylic acids is 3. The van der Waals surface area contributed by atoms with Gasteiger partial charge in [0.1, 0.15) is 13.2 Å². The third-order valence-electron chi connectivity index (χ3n) is 10.3. The minimum absolute atomic E-state index is 0.102. The largest absolute Gasteiger partial charge is 0.462 e. The fraction of sp³-hybridized carbons (Fsp3) is 0.632. The Bertz CT molecular complexity index is 1330. The predicted molar refractivity (Wildman–Crippen MR) is 270 cm³/mol. The van der Waals surface area contributed by atoms with Crippen LogP contribution in [0.15, 0.2) is 109 Å². The first kappa shape index (κ1) is 59.1. The first-order chi connectivity index (χ1) is 31.0. The summed E-state index contributed by atoms with van der Waals surface area (Å²) in [5.41, 5.74) is 0. The van der Waals surface area contributed by atoms with Crippen LogP contribution in [0.25, 0.3) is 0 Å². The Hall–Kier alpha value is -3.93. The molecule has 0 amide bonds. The van der Waals surface area contributed by atoms with E-state index in [0.29, 0.717) is 19.3 Å². The van der Waals surface area contributed by atoms with Gasteiger partial charge in [0.25, 0.3) is 0 Å². The van der Waals surface area contributed by atoms with Crippen LogP contribution >= 0.6 is 0 Å². The van der Waals surface area contributed by atoms with Crippen LogP contribution in [0.2, 0.25) is 0 Å². The molecule has 356 valence electrons. The molecule has 0 saturated heterocycles. The van der Waals surface area contributed by atoms with Crippen LogP contribution in [0.5, 0.6) is 0 Å². The molecule has 0 spiro atoms. The maximum Gasteiger partial charge on any atom is 0.306 e. The molecular weight excluding hydrogens is 781 g/mol. The van der Waals surface area contributed by atoms with Crippen LogP contribution in [-0.2, 0) is 28.6 Å². The number of hydrogen-bond donors (Lipinski definition) is 0. The Morgan fingerprint density at radius 3 is 0.905 bits per heavy atom. The topological polar surface area (TPSA) is 78.9 Å². The Morgan fingerprint density at radius 2 is 0.571 bits per heavy atom. The molecule has 63 heavy (non-hydrogen) atoms. The maximum absolute atomic E-state index is 12.8. The molecule has 0 fully saturated rings. The Kier molecular flexibility index (Phi) is 47.5. The number of unbranched alkanes of at least 4 members (excludes halogenated alkanes) is 15. The first-order valence-electron chi connectivity index (χ1n) is 25.4. The van der Waals surface area contributed by atoms with Gasteiger partial charge in [0.05, 0.1) is 0 Å². The van der Waals surface area contributed by atoms with Crippen LogP contribution in [0.3, 0.4) is 0 Å². The van der Waals surface area contributed by atoms with E-state index in [2.05, 4.69) is 130 Å². The second-order valence-electron chi connectivity index (χ2n) is 16.3. The van der Waals surface area contributed by atoms with Crippen LogP contribution in [0.4, 0.5) is 0 Å². The van der Waals surface area contributed by atoms with Crippen molar-refractivity contribution in [3.63, 3.8) is 0 Å². The summed E-state index contributed by atoms with van der Waals surface area (Å²) in [4.78, 5) is 37.9. The molecule has 0 heterocycles. The molecule has 1 unspecified atom stereocenters. The second kappa shape index (κ2) is 50.7. The predicted octanol–water partition coefficient (Wildman–Crippen LogP) is 16.8. The number of allylic oxidation sites excluding steroid dienone is 18. The highest BCUT2D eigenvalue weighted by Crippen LogP contribution is 2.13. The zero-order valence-corrected chi connectivity index (χ0v) is 40.5. The zero-order valence-electron chi connectivity index (χ0n) is 40.5. The molecule has 0 bridgehead atoms. The average molecular weight is 873 g/mol. The van der Waals surface area contributed by atoms with E-state index in [1.54, 1.807) is 0 Å². The lowest BCUT2D eigenvalue weighted by Gasteiger charge is -2.18. The number of rotatable bonds is 44. The molecule has 0 radical (unpaired) electrons. The van der Waals surface area contributed by atoms with Crippen molar-refractivity contribution in [1.29, 1.82) is 0 Å². The minimum Gasteiger partial charge on any atom is -0.462 e. The van der Waals surface area contributed by atoms with E-state index in [4.69, 9.17) is 14.2 Å². The SMILES string of the molecule is CC/C=C\C/C=C\C/C=C\C/C=C\C/C=C\CCCCCC(=O)OCC(COC(=O)CCCCCCC/C=C\C/C=C\CC)OC(=O)CCCCCCCCC/C=C\C/C=C\CC. The van der Waals surface area contributed by atoms with Crippen LogP contribution in [0, 0.1) is 0 Å². The normalized spacial score (nSPS) is 13.0. The van der Waals surface area contributed by atoms with E-state index in [9.17, 15) is 14.4 Å². The van der Waals surface area contributed by atoms with Crippen molar-refractivity contribution in [2.45, 2.75) is 219 Å². The van der Waals surface area contributed by atoms with E-state index < -0.39 is 6.10 Å². The summed E-state index contributed by atoms with van der Waals surface area (Å²) in [6.07, 6.45) is 67.9. The lowest BCUT2D eigenvalue weighted by molar-refractivity contribution is -0.167. The Balaban J connectivity index is 4.47. The number of carbonyl (C=O) groups is 3. The summed E-state index contributed by atoms with van der Waals surface area (Å²) in [6.45, 7) is 6.24. The smallest absolute Gasteiger partial charge is 0.306 e. The van der Waals surface area contributed by atoms with Gasteiger partial charge < -0.3 is 14.2 Å². The van der Waals surface area contributed by atoms with E-state index >= 15 is 0 Å². The summed E-state index contributed by atoms with van der Waals surface area (Å²) < 4.78 is 16.7. The van der Waals surface area contributed by atoms with Crippen molar-refractivity contribution in [3.8, 4) is 0 Å². The summed E-state index contributed by atoms with van der Waals surface area (Å²) in [5.74, 6) is -0.964. The molecule has 6 heteroatoms. The van der Waals surface area contributed by atoms with Gasteiger partial charge in [-0.1, -0.05) is 188 Å². The molecule has 0 aromatic carbocycles. The molecule has 0 rings (SSSR count). The molecule has 6 nitrogen and oxygen atoms in total. The zero-order chi connectivity index (χ0) is 45.8. The van der Waals surface area contributed by atoms with Gasteiger partial charge in [0.15, 0.2) is 6.10 Å². The van der Waals surface area contributed by atoms with Crippen molar-refractivity contribution < 1.29 is 28.6 Å². The lowest BCUT2D eigenvalue weighted by atomic mass is 10.1. The third-order valence-corrected chi connectivity index (χ3v) is 10.3. The van der Waals surface area contributed by atoms with Gasteiger partial charge in [0.2, 0.25) is 0 Å². The Labute approximate surface area is 387 Å². The third kappa shape index (κ3) is 49.0. The molecule has 0 N–H and O–H groups in total. The van der Waals surface area contributed by atoms with E-state index in [1.807, 2.05) is 0 Å². The number of esters is 3. The molecule has 0 aromatic rings. The van der Waals surface area contributed by atoms with Gasteiger partial charge in [-0.3, -0.25) is 14.4 Å². The first-order valence-corrected chi connectivity index (χ1v) is 25.4. The van der Waals surface area contributed by atoms with E-state index in [1.165, 1.54) is 25.7 Å². The molecule has 0 saturated carbocycles. The van der Waals surface area contributed by atoms with Gasteiger partial charge in [-0.05, 0) is 116 Å². The maximum atomic E-state index is 12.8. The standard InChI is InChI=1S/C57H92O6/c1-4-7-10-13-16-19-22-25-27-28-29-30-31-33-35-38-41-44-47-50-56(59)62-53-54(52-61-55(58)49-46-43-40-37-34-24-21-18-15-12-9-6-3)63-57(60)51-48-45-42-39-36-32-26-23-20-17-14-11-8-5-2/h7-12,16-21,25,27,29-30,33,35,54H,4-6,13-15,22-24,26,28,31-32,34,36-53H2,1-3H3/b10-7-,11-8-,12-9-,19-16-,20-17-,21-18-,27-25-,30-29-,35-33-. The summed E-state index contributed by atoms with van der Waals surface area (Å²) in [6, 6.07) is 0.